The zero-order valence-corrected chi connectivity index (χ0v) is 19.8. The molecule has 0 aliphatic carbocycles. The van der Waals surface area contributed by atoms with Crippen LogP contribution in [-0.2, 0) is 19.6 Å². The Labute approximate surface area is 194 Å². The van der Waals surface area contributed by atoms with Crippen molar-refractivity contribution in [2.75, 3.05) is 57.4 Å². The first-order valence-corrected chi connectivity index (χ1v) is 13.1. The van der Waals surface area contributed by atoms with Gasteiger partial charge in [0.05, 0.1) is 29.0 Å². The van der Waals surface area contributed by atoms with Crippen molar-refractivity contribution in [3.05, 3.63) is 28.3 Å². The molecule has 2 atom stereocenters. The van der Waals surface area contributed by atoms with Crippen molar-refractivity contribution in [1.29, 1.82) is 0 Å². The molecule has 0 N–H and O–H groups in total. The topological polar surface area (TPSA) is 113 Å². The third kappa shape index (κ3) is 5.15. The minimum absolute atomic E-state index is 0.0509. The van der Waals surface area contributed by atoms with Crippen LogP contribution in [0.15, 0.2) is 23.1 Å². The van der Waals surface area contributed by atoms with Crippen molar-refractivity contribution < 1.29 is 22.9 Å². The number of hydrogen-bond acceptors (Lipinski definition) is 7. The van der Waals surface area contributed by atoms with Gasteiger partial charge in [0.1, 0.15) is 5.69 Å². The van der Waals surface area contributed by atoms with Gasteiger partial charge >= 0.3 is 0 Å². The van der Waals surface area contributed by atoms with Gasteiger partial charge < -0.3 is 14.5 Å². The van der Waals surface area contributed by atoms with E-state index in [1.807, 2.05) is 11.8 Å². The van der Waals surface area contributed by atoms with Gasteiger partial charge in [-0.25, -0.2) is 8.42 Å². The quantitative estimate of drug-likeness (QED) is 0.468. The summed E-state index contributed by atoms with van der Waals surface area (Å²) in [6, 6.07) is 4.17. The van der Waals surface area contributed by atoms with Gasteiger partial charge in [-0.1, -0.05) is 6.92 Å². The summed E-state index contributed by atoms with van der Waals surface area (Å²) < 4.78 is 33.0. The summed E-state index contributed by atoms with van der Waals surface area (Å²) in [6.45, 7) is 6.02. The van der Waals surface area contributed by atoms with Crippen molar-refractivity contribution in [2.24, 2.45) is 11.8 Å². The van der Waals surface area contributed by atoms with Crippen LogP contribution in [0.1, 0.15) is 32.6 Å². The molecule has 0 bridgehead atoms. The number of nitro benzene ring substituents is 1. The lowest BCUT2D eigenvalue weighted by atomic mass is 9.95. The summed E-state index contributed by atoms with van der Waals surface area (Å²) in [4.78, 5) is 28.0. The van der Waals surface area contributed by atoms with E-state index in [4.69, 9.17) is 4.74 Å². The molecule has 2 unspecified atom stereocenters. The standard InChI is InChI=1S/C22H32N4O6S/c1-17-4-2-9-25(15-17)33(30,31)19-6-7-20(21(14-19)26(28)29)24-8-3-5-18(16-24)22(27)23-10-12-32-13-11-23/h6-7,14,17-18H,2-5,8-13,15-16H2,1H3. The summed E-state index contributed by atoms with van der Waals surface area (Å²) in [5.74, 6) is 0.0795. The van der Waals surface area contributed by atoms with E-state index < -0.39 is 14.9 Å². The Bertz CT molecular complexity index is 995. The maximum Gasteiger partial charge on any atom is 0.293 e. The molecular weight excluding hydrogens is 448 g/mol. The van der Waals surface area contributed by atoms with Gasteiger partial charge in [0, 0.05) is 45.3 Å². The molecule has 0 saturated carbocycles. The largest absolute Gasteiger partial charge is 0.378 e. The smallest absolute Gasteiger partial charge is 0.293 e. The molecule has 1 aromatic carbocycles. The Balaban J connectivity index is 1.56. The third-order valence-electron chi connectivity index (χ3n) is 6.84. The molecule has 1 amide bonds. The van der Waals surface area contributed by atoms with Gasteiger partial charge in [0.2, 0.25) is 15.9 Å². The highest BCUT2D eigenvalue weighted by atomic mass is 32.2. The van der Waals surface area contributed by atoms with Crippen LogP contribution < -0.4 is 4.90 Å². The molecule has 182 valence electrons. The molecule has 4 rings (SSSR count). The normalized spacial score (nSPS) is 25.1. The Morgan fingerprint density at radius 1 is 1.09 bits per heavy atom. The molecular formula is C22H32N4O6S. The first-order valence-electron chi connectivity index (χ1n) is 11.7. The number of morpholine rings is 1. The Morgan fingerprint density at radius 2 is 1.82 bits per heavy atom. The average Bonchev–Trinajstić information content (AvgIpc) is 2.83. The van der Waals surface area contributed by atoms with E-state index in [0.29, 0.717) is 58.2 Å². The lowest BCUT2D eigenvalue weighted by Crippen LogP contribution is -2.48. The van der Waals surface area contributed by atoms with Gasteiger partial charge in [-0.05, 0) is 43.7 Å². The number of rotatable bonds is 5. The molecule has 3 saturated heterocycles. The summed E-state index contributed by atoms with van der Waals surface area (Å²) in [5, 5.41) is 11.9. The second-order valence-electron chi connectivity index (χ2n) is 9.24. The van der Waals surface area contributed by atoms with E-state index in [1.165, 1.54) is 22.5 Å². The molecule has 3 aliphatic heterocycles. The highest BCUT2D eigenvalue weighted by molar-refractivity contribution is 7.89. The minimum atomic E-state index is -3.80. The zero-order chi connectivity index (χ0) is 23.6. The first kappa shape index (κ1) is 23.9. The van der Waals surface area contributed by atoms with Crippen molar-refractivity contribution in [3.8, 4) is 0 Å². The first-order chi connectivity index (χ1) is 15.8. The monoisotopic (exact) mass is 480 g/mol. The fourth-order valence-corrected chi connectivity index (χ4v) is 6.65. The number of benzene rings is 1. The molecule has 0 spiro atoms. The SMILES string of the molecule is CC1CCCN(S(=O)(=O)c2ccc(N3CCCC(C(=O)N4CCOCC4)C3)c([N+](=O)[O-])c2)C1. The number of nitro groups is 1. The second-order valence-corrected chi connectivity index (χ2v) is 11.2. The fraction of sp³-hybridized carbons (Fsp3) is 0.682. The summed E-state index contributed by atoms with van der Waals surface area (Å²) >= 11 is 0. The lowest BCUT2D eigenvalue weighted by molar-refractivity contribution is -0.384. The van der Waals surface area contributed by atoms with Crippen LogP contribution in [0.4, 0.5) is 11.4 Å². The van der Waals surface area contributed by atoms with Crippen LogP contribution in [0.5, 0.6) is 0 Å². The number of piperidine rings is 2. The molecule has 3 fully saturated rings. The number of hydrogen-bond donors (Lipinski definition) is 0. The van der Waals surface area contributed by atoms with E-state index >= 15 is 0 Å². The van der Waals surface area contributed by atoms with Crippen molar-refractivity contribution >= 4 is 27.3 Å². The second kappa shape index (κ2) is 9.94. The van der Waals surface area contributed by atoms with E-state index in [0.717, 1.165) is 25.7 Å². The van der Waals surface area contributed by atoms with Crippen LogP contribution in [0.25, 0.3) is 0 Å². The Kier molecular flexibility index (Phi) is 7.20. The summed E-state index contributed by atoms with van der Waals surface area (Å²) in [5.41, 5.74) is 0.131. The van der Waals surface area contributed by atoms with Crippen LogP contribution in [0.2, 0.25) is 0 Å². The molecule has 3 heterocycles. The van der Waals surface area contributed by atoms with Gasteiger partial charge in [-0.2, -0.15) is 4.31 Å². The van der Waals surface area contributed by atoms with Gasteiger partial charge in [-0.15, -0.1) is 0 Å². The maximum absolute atomic E-state index is 13.1. The van der Waals surface area contributed by atoms with Crippen molar-refractivity contribution in [3.63, 3.8) is 0 Å². The van der Waals surface area contributed by atoms with Crippen molar-refractivity contribution in [2.45, 2.75) is 37.5 Å². The third-order valence-corrected chi connectivity index (χ3v) is 8.70. The minimum Gasteiger partial charge on any atom is -0.378 e. The fourth-order valence-electron chi connectivity index (χ4n) is 5.03. The molecule has 10 nitrogen and oxygen atoms in total. The Morgan fingerprint density at radius 3 is 2.52 bits per heavy atom. The number of amides is 1. The molecule has 1 aromatic rings. The van der Waals surface area contributed by atoms with Crippen LogP contribution in [0.3, 0.4) is 0 Å². The average molecular weight is 481 g/mol. The number of ether oxygens (including phenoxy) is 1. The number of anilines is 1. The number of nitrogens with zero attached hydrogens (tertiary/aromatic N) is 4. The Hall–Kier alpha value is -2.24. The van der Waals surface area contributed by atoms with Crippen LogP contribution in [-0.4, -0.2) is 80.9 Å². The van der Waals surface area contributed by atoms with E-state index in [-0.39, 0.29) is 28.3 Å². The zero-order valence-electron chi connectivity index (χ0n) is 19.0. The predicted molar refractivity (Wildman–Crippen MR) is 123 cm³/mol. The number of carbonyl (C=O) groups is 1. The molecule has 11 heteroatoms. The molecule has 0 aromatic heterocycles. The van der Waals surface area contributed by atoms with Crippen LogP contribution in [0, 0.1) is 22.0 Å². The molecule has 0 radical (unpaired) electrons. The van der Waals surface area contributed by atoms with Crippen molar-refractivity contribution in [1.82, 2.24) is 9.21 Å². The number of carbonyl (C=O) groups excluding carboxylic acids is 1. The predicted octanol–water partition coefficient (Wildman–Crippen LogP) is 2.09. The summed E-state index contributed by atoms with van der Waals surface area (Å²) in [6.07, 6.45) is 3.24. The van der Waals surface area contributed by atoms with Gasteiger partial charge in [0.15, 0.2) is 0 Å². The highest BCUT2D eigenvalue weighted by Crippen LogP contribution is 2.35. The van der Waals surface area contributed by atoms with E-state index in [2.05, 4.69) is 0 Å². The van der Waals surface area contributed by atoms with Gasteiger partial charge in [0.25, 0.3) is 5.69 Å². The molecule has 3 aliphatic rings. The van der Waals surface area contributed by atoms with Gasteiger partial charge in [-0.3, -0.25) is 14.9 Å². The lowest BCUT2D eigenvalue weighted by Gasteiger charge is -2.37. The number of sulfonamides is 1. The van der Waals surface area contributed by atoms with E-state index in [1.54, 1.807) is 4.90 Å². The highest BCUT2D eigenvalue weighted by Gasteiger charge is 2.34. The molecule has 33 heavy (non-hydrogen) atoms. The maximum atomic E-state index is 13.1. The summed E-state index contributed by atoms with van der Waals surface area (Å²) in [7, 11) is -3.80. The van der Waals surface area contributed by atoms with Crippen LogP contribution >= 0.6 is 0 Å². The van der Waals surface area contributed by atoms with E-state index in [9.17, 15) is 23.3 Å².